The fraction of sp³-hybridized carbons (Fsp3) is 0.500. The van der Waals surface area contributed by atoms with Crippen molar-refractivity contribution in [1.82, 2.24) is 5.32 Å². The zero-order valence-corrected chi connectivity index (χ0v) is 10.1. The van der Waals surface area contributed by atoms with Crippen molar-refractivity contribution in [2.75, 3.05) is 13.2 Å². The van der Waals surface area contributed by atoms with E-state index in [9.17, 15) is 0 Å². The van der Waals surface area contributed by atoms with Crippen molar-refractivity contribution in [1.29, 1.82) is 0 Å². The van der Waals surface area contributed by atoms with Gasteiger partial charge in [-0.25, -0.2) is 0 Å². The molecule has 1 rings (SSSR count). The predicted molar refractivity (Wildman–Crippen MR) is 64.6 cm³/mol. The number of halogens is 1. The molecule has 1 aromatic carbocycles. The van der Waals surface area contributed by atoms with Gasteiger partial charge in [-0.05, 0) is 37.6 Å². The van der Waals surface area contributed by atoms with Crippen molar-refractivity contribution in [2.45, 2.75) is 26.8 Å². The molecular weight excluding hydrogens is 210 g/mol. The molecule has 0 aliphatic rings. The second-order valence-corrected chi connectivity index (χ2v) is 3.78. The molecule has 0 amide bonds. The van der Waals surface area contributed by atoms with Crippen LogP contribution in [-0.2, 0) is 6.54 Å². The normalized spacial score (nSPS) is 10.3. The minimum absolute atomic E-state index is 0.646. The summed E-state index contributed by atoms with van der Waals surface area (Å²) in [7, 11) is 0. The molecule has 0 radical (unpaired) electrons. The topological polar surface area (TPSA) is 21.3 Å². The van der Waals surface area contributed by atoms with E-state index in [1.807, 2.05) is 25.1 Å². The van der Waals surface area contributed by atoms with Crippen LogP contribution in [0.4, 0.5) is 0 Å². The minimum atomic E-state index is 0.646. The zero-order valence-electron chi connectivity index (χ0n) is 9.35. The van der Waals surface area contributed by atoms with E-state index in [0.29, 0.717) is 11.6 Å². The van der Waals surface area contributed by atoms with Crippen molar-refractivity contribution >= 4 is 11.6 Å². The van der Waals surface area contributed by atoms with Crippen LogP contribution >= 0.6 is 11.6 Å². The van der Waals surface area contributed by atoms with Crippen LogP contribution in [-0.4, -0.2) is 13.2 Å². The standard InChI is InChI=1S/C12H18ClNO/c1-3-7-14-9-10-5-6-12(15-4-2)11(13)8-10/h5-6,8,14H,3-4,7,9H2,1-2H3. The first kappa shape index (κ1) is 12.3. The monoisotopic (exact) mass is 227 g/mol. The van der Waals surface area contributed by atoms with E-state index < -0.39 is 0 Å². The lowest BCUT2D eigenvalue weighted by molar-refractivity contribution is 0.340. The number of rotatable bonds is 6. The summed E-state index contributed by atoms with van der Waals surface area (Å²) in [4.78, 5) is 0. The average molecular weight is 228 g/mol. The van der Waals surface area contributed by atoms with Crippen LogP contribution in [0.5, 0.6) is 5.75 Å². The molecule has 0 spiro atoms. The maximum absolute atomic E-state index is 6.07. The summed E-state index contributed by atoms with van der Waals surface area (Å²) < 4.78 is 5.36. The SMILES string of the molecule is CCCNCc1ccc(OCC)c(Cl)c1. The number of ether oxygens (including phenoxy) is 1. The Morgan fingerprint density at radius 3 is 2.73 bits per heavy atom. The van der Waals surface area contributed by atoms with Gasteiger partial charge in [-0.3, -0.25) is 0 Å². The van der Waals surface area contributed by atoms with E-state index in [4.69, 9.17) is 16.3 Å². The summed E-state index contributed by atoms with van der Waals surface area (Å²) in [5.74, 6) is 0.762. The molecule has 15 heavy (non-hydrogen) atoms. The van der Waals surface area contributed by atoms with Crippen LogP contribution in [0.15, 0.2) is 18.2 Å². The zero-order chi connectivity index (χ0) is 11.1. The summed E-state index contributed by atoms with van der Waals surface area (Å²) in [6.45, 7) is 6.64. The van der Waals surface area contributed by atoms with Gasteiger partial charge in [0.05, 0.1) is 11.6 Å². The Morgan fingerprint density at radius 2 is 2.13 bits per heavy atom. The van der Waals surface area contributed by atoms with Crippen molar-refractivity contribution in [3.05, 3.63) is 28.8 Å². The summed E-state index contributed by atoms with van der Waals surface area (Å²) in [5.41, 5.74) is 1.19. The molecule has 0 unspecified atom stereocenters. The Labute approximate surface area is 96.6 Å². The summed E-state index contributed by atoms with van der Waals surface area (Å²) in [5, 5.41) is 4.02. The molecule has 0 aromatic heterocycles. The molecule has 3 heteroatoms. The van der Waals surface area contributed by atoms with Gasteiger partial charge in [0.25, 0.3) is 0 Å². The Morgan fingerprint density at radius 1 is 1.33 bits per heavy atom. The molecule has 0 aliphatic carbocycles. The Balaban J connectivity index is 2.56. The van der Waals surface area contributed by atoms with E-state index in [0.717, 1.165) is 25.3 Å². The highest BCUT2D eigenvalue weighted by molar-refractivity contribution is 6.32. The lowest BCUT2D eigenvalue weighted by Crippen LogP contribution is -2.13. The first-order chi connectivity index (χ1) is 7.27. The van der Waals surface area contributed by atoms with Crippen molar-refractivity contribution in [3.63, 3.8) is 0 Å². The molecule has 0 saturated heterocycles. The molecule has 0 atom stereocenters. The van der Waals surface area contributed by atoms with Gasteiger partial charge in [0.15, 0.2) is 0 Å². The lowest BCUT2D eigenvalue weighted by atomic mass is 10.2. The van der Waals surface area contributed by atoms with Crippen LogP contribution in [0.25, 0.3) is 0 Å². The second-order valence-electron chi connectivity index (χ2n) is 3.37. The van der Waals surface area contributed by atoms with Gasteiger partial charge in [-0.2, -0.15) is 0 Å². The van der Waals surface area contributed by atoms with Crippen LogP contribution < -0.4 is 10.1 Å². The Kier molecular flexibility index (Phi) is 5.51. The van der Waals surface area contributed by atoms with Gasteiger partial charge in [-0.1, -0.05) is 24.6 Å². The highest BCUT2D eigenvalue weighted by atomic mass is 35.5. The molecule has 84 valence electrons. The summed E-state index contributed by atoms with van der Waals surface area (Å²) in [6.07, 6.45) is 1.14. The van der Waals surface area contributed by atoms with E-state index in [-0.39, 0.29) is 0 Å². The summed E-state index contributed by atoms with van der Waals surface area (Å²) in [6, 6.07) is 5.92. The van der Waals surface area contributed by atoms with E-state index in [2.05, 4.69) is 12.2 Å². The molecule has 1 aromatic rings. The second kappa shape index (κ2) is 6.70. The van der Waals surface area contributed by atoms with Crippen LogP contribution in [0.1, 0.15) is 25.8 Å². The molecule has 0 saturated carbocycles. The third-order valence-electron chi connectivity index (χ3n) is 2.05. The van der Waals surface area contributed by atoms with Crippen molar-refractivity contribution in [2.24, 2.45) is 0 Å². The number of benzene rings is 1. The van der Waals surface area contributed by atoms with Gasteiger partial charge in [0.2, 0.25) is 0 Å². The first-order valence-corrected chi connectivity index (χ1v) is 5.77. The Bertz CT molecular complexity index is 302. The van der Waals surface area contributed by atoms with Gasteiger partial charge in [-0.15, -0.1) is 0 Å². The van der Waals surface area contributed by atoms with Gasteiger partial charge < -0.3 is 10.1 Å². The fourth-order valence-electron chi connectivity index (χ4n) is 1.34. The molecule has 0 heterocycles. The largest absolute Gasteiger partial charge is 0.492 e. The molecular formula is C12H18ClNO. The summed E-state index contributed by atoms with van der Waals surface area (Å²) >= 11 is 6.07. The smallest absolute Gasteiger partial charge is 0.137 e. The lowest BCUT2D eigenvalue weighted by Gasteiger charge is -2.08. The molecule has 2 nitrogen and oxygen atoms in total. The van der Waals surface area contributed by atoms with Gasteiger partial charge in [0.1, 0.15) is 5.75 Å². The minimum Gasteiger partial charge on any atom is -0.492 e. The van der Waals surface area contributed by atoms with Crippen molar-refractivity contribution < 1.29 is 4.74 Å². The van der Waals surface area contributed by atoms with E-state index in [1.54, 1.807) is 0 Å². The highest BCUT2D eigenvalue weighted by Crippen LogP contribution is 2.25. The third kappa shape index (κ3) is 4.10. The fourth-order valence-corrected chi connectivity index (χ4v) is 1.59. The van der Waals surface area contributed by atoms with Crippen LogP contribution in [0.2, 0.25) is 5.02 Å². The number of hydrogen-bond donors (Lipinski definition) is 1. The molecule has 0 fully saturated rings. The quantitative estimate of drug-likeness (QED) is 0.754. The maximum atomic E-state index is 6.07. The van der Waals surface area contributed by atoms with Crippen LogP contribution in [0, 0.1) is 0 Å². The molecule has 1 N–H and O–H groups in total. The van der Waals surface area contributed by atoms with Gasteiger partial charge in [0, 0.05) is 6.54 Å². The number of nitrogens with one attached hydrogen (secondary N) is 1. The van der Waals surface area contributed by atoms with E-state index in [1.165, 1.54) is 5.56 Å². The maximum Gasteiger partial charge on any atom is 0.137 e. The number of hydrogen-bond acceptors (Lipinski definition) is 2. The van der Waals surface area contributed by atoms with Gasteiger partial charge >= 0.3 is 0 Å². The first-order valence-electron chi connectivity index (χ1n) is 5.39. The van der Waals surface area contributed by atoms with Crippen LogP contribution in [0.3, 0.4) is 0 Å². The average Bonchev–Trinajstić information content (AvgIpc) is 2.23. The predicted octanol–water partition coefficient (Wildman–Crippen LogP) is 3.24. The Hall–Kier alpha value is -0.730. The molecule has 0 aliphatic heterocycles. The molecule has 0 bridgehead atoms. The third-order valence-corrected chi connectivity index (χ3v) is 2.35. The van der Waals surface area contributed by atoms with Crippen molar-refractivity contribution in [3.8, 4) is 5.75 Å². The highest BCUT2D eigenvalue weighted by Gasteiger charge is 2.01. The van der Waals surface area contributed by atoms with E-state index >= 15 is 0 Å².